The summed E-state index contributed by atoms with van der Waals surface area (Å²) in [6.45, 7) is -0.00972. The maximum Gasteiger partial charge on any atom is 0.275 e. The van der Waals surface area contributed by atoms with Crippen LogP contribution in [0.25, 0.3) is 11.0 Å². The fraction of sp³-hybridized carbons (Fsp3) is 0.194. The molecule has 9 nitrogen and oxygen atoms in total. The zero-order valence-electron chi connectivity index (χ0n) is 22.0. The van der Waals surface area contributed by atoms with E-state index in [4.69, 9.17) is 9.47 Å². The molecule has 1 aliphatic heterocycles. The Hall–Kier alpha value is -4.22. The molecule has 3 heterocycles. The molecule has 0 bridgehead atoms. The van der Waals surface area contributed by atoms with Crippen LogP contribution in [-0.4, -0.2) is 42.8 Å². The van der Waals surface area contributed by atoms with Crippen molar-refractivity contribution in [3.05, 3.63) is 120 Å². The monoisotopic (exact) mass is 565 g/mol. The molecule has 1 fully saturated rings. The number of nitrogens with zero attached hydrogens (tertiary/aromatic N) is 4. The predicted octanol–water partition coefficient (Wildman–Crippen LogP) is 5.50. The number of carbonyl (C=O) groups excluding carboxylic acids is 1. The minimum absolute atomic E-state index is 0.00972. The van der Waals surface area contributed by atoms with Crippen LogP contribution < -0.4 is 5.32 Å². The van der Waals surface area contributed by atoms with Crippen molar-refractivity contribution in [2.75, 3.05) is 11.1 Å². The summed E-state index contributed by atoms with van der Waals surface area (Å²) in [4.78, 5) is 30.2. The normalized spacial score (nSPS) is 18.7. The van der Waals surface area contributed by atoms with Crippen molar-refractivity contribution in [3.8, 4) is 0 Å². The van der Waals surface area contributed by atoms with E-state index in [0.717, 1.165) is 22.2 Å². The molecule has 3 aromatic carbocycles. The van der Waals surface area contributed by atoms with Gasteiger partial charge in [0.25, 0.3) is 5.91 Å². The molecule has 2 N–H and O–H groups in total. The summed E-state index contributed by atoms with van der Waals surface area (Å²) in [6, 6.07) is 24.4. The number of rotatable bonds is 8. The third-order valence-corrected chi connectivity index (χ3v) is 7.68. The second-order valence-electron chi connectivity index (χ2n) is 9.51. The zero-order valence-corrected chi connectivity index (χ0v) is 22.8. The van der Waals surface area contributed by atoms with Crippen molar-refractivity contribution < 1.29 is 19.4 Å². The Morgan fingerprint density at radius 1 is 0.878 bits per heavy atom. The van der Waals surface area contributed by atoms with Gasteiger partial charge in [0, 0.05) is 35.8 Å². The van der Waals surface area contributed by atoms with Crippen LogP contribution in [0.3, 0.4) is 0 Å². The van der Waals surface area contributed by atoms with Crippen molar-refractivity contribution in [1.29, 1.82) is 0 Å². The highest BCUT2D eigenvalue weighted by atomic mass is 32.2. The minimum atomic E-state index is -0.607. The van der Waals surface area contributed by atoms with Crippen LogP contribution in [-0.2, 0) is 16.1 Å². The smallest absolute Gasteiger partial charge is 0.275 e. The van der Waals surface area contributed by atoms with Gasteiger partial charge in [0.1, 0.15) is 5.69 Å². The number of amides is 1. The van der Waals surface area contributed by atoms with E-state index in [-0.39, 0.29) is 30.4 Å². The molecule has 206 valence electrons. The van der Waals surface area contributed by atoms with Gasteiger partial charge in [-0.3, -0.25) is 9.78 Å². The number of aromatic nitrogens is 4. The van der Waals surface area contributed by atoms with Crippen molar-refractivity contribution >= 4 is 34.4 Å². The molecule has 0 spiro atoms. The highest BCUT2D eigenvalue weighted by Crippen LogP contribution is 2.39. The number of nitrogens with one attached hydrogen (secondary N) is 1. The largest absolute Gasteiger partial charge is 0.392 e. The molecule has 0 radical (unpaired) electrons. The van der Waals surface area contributed by atoms with Crippen molar-refractivity contribution in [2.45, 2.75) is 36.7 Å². The lowest BCUT2D eigenvalue weighted by Crippen LogP contribution is -2.31. The maximum atomic E-state index is 12.8. The van der Waals surface area contributed by atoms with E-state index < -0.39 is 6.29 Å². The van der Waals surface area contributed by atoms with Crippen LogP contribution in [0.15, 0.2) is 103 Å². The van der Waals surface area contributed by atoms with Gasteiger partial charge in [-0.2, -0.15) is 0 Å². The van der Waals surface area contributed by atoms with Crippen molar-refractivity contribution in [1.82, 2.24) is 19.9 Å². The van der Waals surface area contributed by atoms with E-state index in [1.165, 1.54) is 6.20 Å². The number of aliphatic hydroxyl groups excluding tert-OH is 1. The van der Waals surface area contributed by atoms with Gasteiger partial charge >= 0.3 is 0 Å². The number of ether oxygens (including phenoxy) is 2. The second-order valence-corrected chi connectivity index (χ2v) is 10.5. The van der Waals surface area contributed by atoms with Crippen LogP contribution in [0, 0.1) is 0 Å². The number of fused-ring (bicyclic) bond motifs is 1. The quantitative estimate of drug-likeness (QED) is 0.186. The first-order valence-corrected chi connectivity index (χ1v) is 14.2. The minimum Gasteiger partial charge on any atom is -0.392 e. The summed E-state index contributed by atoms with van der Waals surface area (Å²) in [7, 11) is 0. The first-order chi connectivity index (χ1) is 20.1. The molecule has 0 aliphatic carbocycles. The number of aliphatic hydroxyl groups is 1. The number of carbonyl (C=O) groups is 1. The summed E-state index contributed by atoms with van der Waals surface area (Å²) in [6.07, 6.45) is 4.66. The molecule has 3 atom stereocenters. The standard InChI is InChI=1S/C31H27N5O4S/c37-18-20-6-8-21(9-7-20)28-16-24(19-41-31-32-14-3-15-33-31)39-30(40-28)22-10-12-23(13-11-22)35-29(38)27-17-34-25-4-1-2-5-26(25)36-27/h1-15,17,24,28,30,37H,16,18-19H2,(H,35,38)/t24-,28+,30+/m0/s1. The van der Waals surface area contributed by atoms with E-state index in [1.807, 2.05) is 72.8 Å². The Morgan fingerprint density at radius 2 is 1.61 bits per heavy atom. The van der Waals surface area contributed by atoms with Crippen LogP contribution in [0.2, 0.25) is 0 Å². The Balaban J connectivity index is 1.17. The lowest BCUT2D eigenvalue weighted by molar-refractivity contribution is -0.245. The molecule has 2 aromatic heterocycles. The average molecular weight is 566 g/mol. The summed E-state index contributed by atoms with van der Waals surface area (Å²) in [5.41, 5.74) is 4.94. The summed E-state index contributed by atoms with van der Waals surface area (Å²) in [5.74, 6) is 0.323. The van der Waals surface area contributed by atoms with E-state index in [0.29, 0.717) is 28.5 Å². The fourth-order valence-corrected chi connectivity index (χ4v) is 5.36. The Morgan fingerprint density at radius 3 is 2.37 bits per heavy atom. The molecular weight excluding hydrogens is 538 g/mol. The molecule has 1 aliphatic rings. The van der Waals surface area contributed by atoms with Gasteiger partial charge in [0.2, 0.25) is 0 Å². The fourth-order valence-electron chi connectivity index (χ4n) is 4.54. The summed E-state index contributed by atoms with van der Waals surface area (Å²) < 4.78 is 12.8. The first-order valence-electron chi connectivity index (χ1n) is 13.2. The Labute approximate surface area is 241 Å². The van der Waals surface area contributed by atoms with Gasteiger partial charge in [-0.15, -0.1) is 0 Å². The molecular formula is C31H27N5O4S. The molecule has 41 heavy (non-hydrogen) atoms. The van der Waals surface area contributed by atoms with E-state index >= 15 is 0 Å². The average Bonchev–Trinajstić information content (AvgIpc) is 3.04. The van der Waals surface area contributed by atoms with Crippen molar-refractivity contribution in [2.24, 2.45) is 0 Å². The number of anilines is 1. The van der Waals surface area contributed by atoms with Gasteiger partial charge in [0.05, 0.1) is 36.0 Å². The molecule has 1 saturated heterocycles. The number of para-hydroxylation sites is 2. The number of hydrogen-bond acceptors (Lipinski definition) is 9. The van der Waals surface area contributed by atoms with Crippen LogP contribution in [0.4, 0.5) is 5.69 Å². The van der Waals surface area contributed by atoms with Gasteiger partial charge in [-0.25, -0.2) is 15.0 Å². The predicted molar refractivity (Wildman–Crippen MR) is 155 cm³/mol. The summed E-state index contributed by atoms with van der Waals surface area (Å²) >= 11 is 1.54. The van der Waals surface area contributed by atoms with E-state index in [2.05, 4.69) is 25.3 Å². The Kier molecular flexibility index (Phi) is 8.24. The molecule has 5 aromatic rings. The number of hydrogen-bond donors (Lipinski definition) is 2. The molecule has 6 rings (SSSR count). The van der Waals surface area contributed by atoms with Crippen LogP contribution >= 0.6 is 11.8 Å². The third kappa shape index (κ3) is 6.58. The van der Waals surface area contributed by atoms with E-state index in [9.17, 15) is 9.90 Å². The van der Waals surface area contributed by atoms with Gasteiger partial charge in [-0.05, 0) is 41.5 Å². The highest BCUT2D eigenvalue weighted by Gasteiger charge is 2.32. The topological polar surface area (TPSA) is 119 Å². The van der Waals surface area contributed by atoms with Gasteiger partial charge < -0.3 is 19.9 Å². The van der Waals surface area contributed by atoms with E-state index in [1.54, 1.807) is 30.2 Å². The lowest BCUT2D eigenvalue weighted by Gasteiger charge is -2.36. The van der Waals surface area contributed by atoms with Gasteiger partial charge in [-0.1, -0.05) is 60.3 Å². The van der Waals surface area contributed by atoms with Gasteiger partial charge in [0.15, 0.2) is 11.4 Å². The number of thioether (sulfide) groups is 1. The first kappa shape index (κ1) is 27.0. The maximum absolute atomic E-state index is 12.8. The summed E-state index contributed by atoms with van der Waals surface area (Å²) in [5, 5.41) is 13.0. The molecule has 0 unspecified atom stereocenters. The number of benzene rings is 3. The van der Waals surface area contributed by atoms with Crippen LogP contribution in [0.5, 0.6) is 0 Å². The second kappa shape index (κ2) is 12.5. The SMILES string of the molecule is O=C(Nc1ccc([C@@H]2O[C@H](CSc3ncccn3)C[C@H](c3ccc(CO)cc3)O2)cc1)c1cnc2ccccc2n1. The lowest BCUT2D eigenvalue weighted by atomic mass is 10.0. The van der Waals surface area contributed by atoms with Crippen LogP contribution in [0.1, 0.15) is 46.0 Å². The highest BCUT2D eigenvalue weighted by molar-refractivity contribution is 7.99. The molecule has 0 saturated carbocycles. The third-order valence-electron chi connectivity index (χ3n) is 6.68. The zero-order chi connectivity index (χ0) is 28.0. The van der Waals surface area contributed by atoms with Crippen molar-refractivity contribution in [3.63, 3.8) is 0 Å². The molecule has 1 amide bonds. The Bertz CT molecular complexity index is 1620. The molecule has 10 heteroatoms.